The Morgan fingerprint density at radius 2 is 0.741 bits per heavy atom. The lowest BCUT2D eigenvalue weighted by Gasteiger charge is -2.18. The minimum absolute atomic E-state index is 0.446. The summed E-state index contributed by atoms with van der Waals surface area (Å²) in [6.45, 7) is 0. The smallest absolute Gasteiger partial charge is 0.291 e. The fraction of sp³-hybridized carbons (Fsp3) is 0. The Labute approximate surface area is 156 Å². The van der Waals surface area contributed by atoms with Gasteiger partial charge in [-0.05, 0) is 23.8 Å². The Hall–Kier alpha value is -3.51. The highest BCUT2D eigenvalue weighted by Gasteiger charge is 2.14. The topological polar surface area (TPSA) is 127 Å². The van der Waals surface area contributed by atoms with E-state index in [-0.39, 0.29) is 0 Å². The predicted molar refractivity (Wildman–Crippen MR) is 103 cm³/mol. The Morgan fingerprint density at radius 3 is 0.926 bits per heavy atom. The summed E-state index contributed by atoms with van der Waals surface area (Å²) < 4.78 is 0. The van der Waals surface area contributed by atoms with Gasteiger partial charge in [0.2, 0.25) is 0 Å². The fourth-order valence-corrected chi connectivity index (χ4v) is 4.48. The average Bonchev–Trinajstić information content (AvgIpc) is 2.64. The third kappa shape index (κ3) is 8.94. The molecule has 3 aromatic rings. The first-order chi connectivity index (χ1) is 12.9. The van der Waals surface area contributed by atoms with Crippen molar-refractivity contribution >= 4 is 23.8 Å². The number of hydrogen-bond acceptors (Lipinski definition) is 4. The lowest BCUT2D eigenvalue weighted by atomic mass is 10.4. The van der Waals surface area contributed by atoms with Crippen molar-refractivity contribution in [1.82, 2.24) is 0 Å². The Kier molecular flexibility index (Phi) is 9.52. The summed E-state index contributed by atoms with van der Waals surface area (Å²) in [5, 5.41) is 31.5. The average molecular weight is 388 g/mol. The molecule has 2 N–H and O–H groups in total. The van der Waals surface area contributed by atoms with Crippen molar-refractivity contribution < 1.29 is 20.6 Å². The first-order valence-electron chi connectivity index (χ1n) is 7.53. The maximum Gasteiger partial charge on any atom is 0.291 e. The first-order valence-corrected chi connectivity index (χ1v) is 8.87. The maximum absolute atomic E-state index is 8.36. The van der Waals surface area contributed by atoms with Crippen LogP contribution in [0.4, 0.5) is 0 Å². The van der Waals surface area contributed by atoms with Crippen LogP contribution in [0.1, 0.15) is 0 Å². The third-order valence-electron chi connectivity index (χ3n) is 3.04. The number of benzene rings is 3. The molecule has 0 fully saturated rings. The SMILES string of the molecule is O=[N+]([O-])O.O=[N+]([O-])O.c1ccc(P(c2ccccc2)c2ccccc2)cc1. The summed E-state index contributed by atoms with van der Waals surface area (Å²) in [4.78, 5) is 16.7. The molecule has 0 radical (unpaired) electrons. The van der Waals surface area contributed by atoms with Crippen LogP contribution in [0.2, 0.25) is 0 Å². The zero-order valence-corrected chi connectivity index (χ0v) is 14.9. The van der Waals surface area contributed by atoms with Crippen molar-refractivity contribution in [1.29, 1.82) is 0 Å². The molecule has 0 unspecified atom stereocenters. The van der Waals surface area contributed by atoms with Gasteiger partial charge in [0, 0.05) is 0 Å². The van der Waals surface area contributed by atoms with Crippen molar-refractivity contribution in [3.05, 3.63) is 111 Å². The summed E-state index contributed by atoms with van der Waals surface area (Å²) in [5.41, 5.74) is 0. The summed E-state index contributed by atoms with van der Waals surface area (Å²) in [6, 6.07) is 32.3. The second-order valence-electron chi connectivity index (χ2n) is 4.82. The summed E-state index contributed by atoms with van der Waals surface area (Å²) >= 11 is 0. The van der Waals surface area contributed by atoms with Crippen molar-refractivity contribution in [3.63, 3.8) is 0 Å². The van der Waals surface area contributed by atoms with Gasteiger partial charge in [0.05, 0.1) is 0 Å². The lowest BCUT2D eigenvalue weighted by Crippen LogP contribution is -2.20. The van der Waals surface area contributed by atoms with E-state index in [0.717, 1.165) is 0 Å². The van der Waals surface area contributed by atoms with E-state index < -0.39 is 18.1 Å². The van der Waals surface area contributed by atoms with Gasteiger partial charge in [0.25, 0.3) is 10.2 Å². The van der Waals surface area contributed by atoms with E-state index >= 15 is 0 Å². The molecule has 0 saturated carbocycles. The predicted octanol–water partition coefficient (Wildman–Crippen LogP) is 2.75. The van der Waals surface area contributed by atoms with Gasteiger partial charge in [-0.15, -0.1) is 20.2 Å². The van der Waals surface area contributed by atoms with Gasteiger partial charge in [-0.3, -0.25) is 0 Å². The molecule has 0 aliphatic heterocycles. The molecule has 8 nitrogen and oxygen atoms in total. The first kappa shape index (κ1) is 21.5. The summed E-state index contributed by atoms with van der Waals surface area (Å²) in [6.07, 6.45) is 0. The number of hydrogen-bond donors (Lipinski definition) is 2. The molecule has 0 amide bonds. The van der Waals surface area contributed by atoms with Crippen LogP contribution in [0.5, 0.6) is 0 Å². The minimum atomic E-state index is -1.50. The van der Waals surface area contributed by atoms with Gasteiger partial charge in [0.1, 0.15) is 0 Å². The van der Waals surface area contributed by atoms with Crippen LogP contribution in [-0.2, 0) is 0 Å². The maximum atomic E-state index is 8.36. The second kappa shape index (κ2) is 11.9. The van der Waals surface area contributed by atoms with Gasteiger partial charge >= 0.3 is 0 Å². The molecule has 3 aromatic carbocycles. The highest BCUT2D eigenvalue weighted by Crippen LogP contribution is 2.32. The molecule has 0 atom stereocenters. The fourth-order valence-electron chi connectivity index (χ4n) is 2.18. The van der Waals surface area contributed by atoms with Crippen LogP contribution >= 0.6 is 7.92 Å². The number of nitrogens with zero attached hydrogens (tertiary/aromatic N) is 2. The van der Waals surface area contributed by atoms with Gasteiger partial charge in [0.15, 0.2) is 0 Å². The molecule has 140 valence electrons. The van der Waals surface area contributed by atoms with Gasteiger partial charge in [-0.2, -0.15) is 0 Å². The van der Waals surface area contributed by atoms with Crippen molar-refractivity contribution in [2.45, 2.75) is 0 Å². The van der Waals surface area contributed by atoms with Crippen LogP contribution in [0, 0.1) is 20.2 Å². The van der Waals surface area contributed by atoms with Gasteiger partial charge in [-0.1, -0.05) is 91.0 Å². The van der Waals surface area contributed by atoms with Crippen LogP contribution in [0.25, 0.3) is 0 Å². The van der Waals surface area contributed by atoms with Crippen molar-refractivity contribution in [2.24, 2.45) is 0 Å². The minimum Gasteiger partial charge on any atom is -0.328 e. The number of rotatable bonds is 3. The molecule has 0 aromatic heterocycles. The highest BCUT2D eigenvalue weighted by molar-refractivity contribution is 7.79. The molecule has 0 bridgehead atoms. The molecule has 9 heteroatoms. The van der Waals surface area contributed by atoms with Gasteiger partial charge < -0.3 is 10.4 Å². The standard InChI is InChI=1S/C18H15P.2HNO3/c1-4-10-16(11-5-1)19(17-12-6-2-7-13-17)18-14-8-3-9-15-18;2*2-1(3)4/h1-15H;2*(H,2,3,4). The van der Waals surface area contributed by atoms with Gasteiger partial charge in [-0.25, -0.2) is 0 Å². The van der Waals surface area contributed by atoms with Crippen molar-refractivity contribution in [3.8, 4) is 0 Å². The van der Waals surface area contributed by atoms with Crippen LogP contribution in [-0.4, -0.2) is 20.6 Å². The molecule has 0 heterocycles. The lowest BCUT2D eigenvalue weighted by molar-refractivity contribution is -0.742. The summed E-state index contributed by atoms with van der Waals surface area (Å²) in [7, 11) is -0.446. The van der Waals surface area contributed by atoms with E-state index in [0.29, 0.717) is 0 Å². The third-order valence-corrected chi connectivity index (χ3v) is 5.49. The Balaban J connectivity index is 0.000000390. The molecule has 0 saturated heterocycles. The Morgan fingerprint density at radius 1 is 0.556 bits per heavy atom. The summed E-state index contributed by atoms with van der Waals surface area (Å²) in [5.74, 6) is 0. The van der Waals surface area contributed by atoms with E-state index in [1.165, 1.54) is 15.9 Å². The van der Waals surface area contributed by atoms with E-state index in [4.69, 9.17) is 30.6 Å². The quantitative estimate of drug-likeness (QED) is 0.404. The molecule has 3 rings (SSSR count). The van der Waals surface area contributed by atoms with Crippen LogP contribution in [0.3, 0.4) is 0 Å². The van der Waals surface area contributed by atoms with E-state index in [1.807, 2.05) is 0 Å². The monoisotopic (exact) mass is 388 g/mol. The Bertz CT molecular complexity index is 705. The second-order valence-corrected chi connectivity index (χ2v) is 7.04. The zero-order chi connectivity index (χ0) is 20.1. The molecular formula is C18H17N2O6P. The van der Waals surface area contributed by atoms with E-state index in [1.54, 1.807) is 0 Å². The molecular weight excluding hydrogens is 371 g/mol. The molecule has 0 aliphatic rings. The van der Waals surface area contributed by atoms with Crippen LogP contribution < -0.4 is 15.9 Å². The van der Waals surface area contributed by atoms with E-state index in [2.05, 4.69) is 91.0 Å². The zero-order valence-electron chi connectivity index (χ0n) is 14.0. The highest BCUT2D eigenvalue weighted by atomic mass is 31.1. The van der Waals surface area contributed by atoms with Crippen LogP contribution in [0.15, 0.2) is 91.0 Å². The largest absolute Gasteiger partial charge is 0.328 e. The van der Waals surface area contributed by atoms with E-state index in [9.17, 15) is 0 Å². The normalized spacial score (nSPS) is 9.22. The molecule has 27 heavy (non-hydrogen) atoms. The molecule has 0 aliphatic carbocycles. The molecule has 0 spiro atoms. The van der Waals surface area contributed by atoms with Crippen molar-refractivity contribution in [2.75, 3.05) is 0 Å².